The molecule has 0 bridgehead atoms. The Balaban J connectivity index is 1.45. The molecule has 0 radical (unpaired) electrons. The summed E-state index contributed by atoms with van der Waals surface area (Å²) < 4.78 is 5.99. The number of thiophene rings is 1. The van der Waals surface area contributed by atoms with Gasteiger partial charge in [-0.2, -0.15) is 0 Å². The highest BCUT2D eigenvalue weighted by atomic mass is 32.1. The monoisotopic (exact) mass is 456 g/mol. The van der Waals surface area contributed by atoms with E-state index in [4.69, 9.17) is 4.74 Å². The van der Waals surface area contributed by atoms with Crippen molar-refractivity contribution in [2.45, 2.75) is 13.2 Å². The number of para-hydroxylation sites is 2. The Hall–Kier alpha value is -3.90. The molecule has 4 rings (SSSR count). The van der Waals surface area contributed by atoms with Crippen LogP contribution in [-0.2, 0) is 13.2 Å². The summed E-state index contributed by atoms with van der Waals surface area (Å²) in [6.07, 6.45) is 0. The average Bonchev–Trinajstić information content (AvgIpc) is 3.41. The van der Waals surface area contributed by atoms with Crippen molar-refractivity contribution < 1.29 is 14.3 Å². The van der Waals surface area contributed by atoms with Gasteiger partial charge in [0, 0.05) is 19.2 Å². The van der Waals surface area contributed by atoms with E-state index in [1.165, 1.54) is 16.2 Å². The molecule has 33 heavy (non-hydrogen) atoms. The molecule has 6 heteroatoms. The normalized spacial score (nSPS) is 10.5. The molecule has 2 amide bonds. The summed E-state index contributed by atoms with van der Waals surface area (Å²) in [4.78, 5) is 28.0. The number of nitrogens with one attached hydrogen (secondary N) is 1. The van der Waals surface area contributed by atoms with Crippen LogP contribution < -0.4 is 15.0 Å². The van der Waals surface area contributed by atoms with Crippen LogP contribution in [0.3, 0.4) is 0 Å². The van der Waals surface area contributed by atoms with Crippen LogP contribution in [0.2, 0.25) is 0 Å². The van der Waals surface area contributed by atoms with Crippen LogP contribution in [0.15, 0.2) is 96.4 Å². The maximum atomic E-state index is 13.1. The van der Waals surface area contributed by atoms with Crippen molar-refractivity contribution in [1.82, 2.24) is 5.32 Å². The highest BCUT2D eigenvalue weighted by Crippen LogP contribution is 2.24. The SMILES string of the molecule is CN(C(=O)c1cccs1)c1ccccc1C(=O)NCc1ccccc1OCc1ccccc1. The lowest BCUT2D eigenvalue weighted by Gasteiger charge is -2.20. The molecule has 0 fully saturated rings. The van der Waals surface area contributed by atoms with E-state index < -0.39 is 0 Å². The van der Waals surface area contributed by atoms with E-state index in [9.17, 15) is 9.59 Å². The largest absolute Gasteiger partial charge is 0.489 e. The standard InChI is InChI=1S/C27H24N2O3S/c1-29(27(31)25-16-9-17-33-25)23-14-7-6-13-22(23)26(30)28-18-21-12-5-8-15-24(21)32-19-20-10-3-2-4-11-20/h2-17H,18-19H2,1H3,(H,28,30). The van der Waals surface area contributed by atoms with Crippen LogP contribution in [-0.4, -0.2) is 18.9 Å². The summed E-state index contributed by atoms with van der Waals surface area (Å²) in [5, 5.41) is 4.83. The third-order valence-corrected chi connectivity index (χ3v) is 6.05. The maximum absolute atomic E-state index is 13.1. The Bertz CT molecular complexity index is 1220. The second-order valence-electron chi connectivity index (χ2n) is 7.42. The summed E-state index contributed by atoms with van der Waals surface area (Å²) in [5.41, 5.74) is 2.94. The number of benzene rings is 3. The Morgan fingerprint density at radius 1 is 0.879 bits per heavy atom. The van der Waals surface area contributed by atoms with Gasteiger partial charge in [-0.1, -0.05) is 66.7 Å². The van der Waals surface area contributed by atoms with Gasteiger partial charge in [0.2, 0.25) is 0 Å². The lowest BCUT2D eigenvalue weighted by molar-refractivity contribution is 0.0951. The van der Waals surface area contributed by atoms with Crippen LogP contribution in [0.1, 0.15) is 31.2 Å². The van der Waals surface area contributed by atoms with Gasteiger partial charge in [-0.05, 0) is 35.2 Å². The van der Waals surface area contributed by atoms with E-state index in [2.05, 4.69) is 5.32 Å². The predicted molar refractivity (Wildman–Crippen MR) is 132 cm³/mol. The summed E-state index contributed by atoms with van der Waals surface area (Å²) in [6, 6.07) is 28.3. The molecule has 0 aliphatic heterocycles. The van der Waals surface area contributed by atoms with Gasteiger partial charge in [-0.3, -0.25) is 9.59 Å². The highest BCUT2D eigenvalue weighted by molar-refractivity contribution is 7.12. The molecule has 4 aromatic rings. The van der Waals surface area contributed by atoms with Crippen molar-refractivity contribution in [1.29, 1.82) is 0 Å². The summed E-state index contributed by atoms with van der Waals surface area (Å²) in [5.74, 6) is 0.319. The number of nitrogens with zero attached hydrogens (tertiary/aromatic N) is 1. The maximum Gasteiger partial charge on any atom is 0.268 e. The third-order valence-electron chi connectivity index (χ3n) is 5.20. The summed E-state index contributed by atoms with van der Waals surface area (Å²) in [7, 11) is 1.68. The Labute approximate surface area is 197 Å². The second kappa shape index (κ2) is 10.6. The first-order chi connectivity index (χ1) is 16.1. The van der Waals surface area contributed by atoms with Crippen molar-refractivity contribution in [2.75, 3.05) is 11.9 Å². The fraction of sp³-hybridized carbons (Fsp3) is 0.111. The zero-order valence-electron chi connectivity index (χ0n) is 18.2. The zero-order valence-corrected chi connectivity index (χ0v) is 19.0. The average molecular weight is 457 g/mol. The van der Waals surface area contributed by atoms with E-state index in [1.54, 1.807) is 31.3 Å². The molecule has 0 saturated carbocycles. The summed E-state index contributed by atoms with van der Waals surface area (Å²) in [6.45, 7) is 0.755. The first-order valence-corrected chi connectivity index (χ1v) is 11.4. The second-order valence-corrected chi connectivity index (χ2v) is 8.37. The van der Waals surface area contributed by atoms with E-state index in [1.807, 2.05) is 72.1 Å². The van der Waals surface area contributed by atoms with Crippen molar-refractivity contribution >= 4 is 28.8 Å². The van der Waals surface area contributed by atoms with Crippen molar-refractivity contribution in [3.63, 3.8) is 0 Å². The van der Waals surface area contributed by atoms with E-state index in [0.717, 1.165) is 16.9 Å². The van der Waals surface area contributed by atoms with Crippen LogP contribution in [0, 0.1) is 0 Å². The number of ether oxygens (including phenoxy) is 1. The smallest absolute Gasteiger partial charge is 0.268 e. The quantitative estimate of drug-likeness (QED) is 0.379. The molecule has 0 atom stereocenters. The molecule has 0 unspecified atom stereocenters. The minimum atomic E-state index is -0.255. The molecular weight excluding hydrogens is 432 g/mol. The Morgan fingerprint density at radius 2 is 1.61 bits per heavy atom. The van der Waals surface area contributed by atoms with Crippen molar-refractivity contribution in [3.8, 4) is 5.75 Å². The summed E-state index contributed by atoms with van der Waals surface area (Å²) >= 11 is 1.37. The number of rotatable bonds is 8. The number of hydrogen-bond donors (Lipinski definition) is 1. The Morgan fingerprint density at radius 3 is 2.39 bits per heavy atom. The molecule has 0 aliphatic rings. The molecule has 0 spiro atoms. The van der Waals surface area contributed by atoms with Crippen LogP contribution in [0.5, 0.6) is 5.75 Å². The zero-order chi connectivity index (χ0) is 23.0. The molecule has 0 aliphatic carbocycles. The molecule has 166 valence electrons. The molecule has 1 N–H and O–H groups in total. The van der Waals surface area contributed by atoms with Gasteiger partial charge in [-0.15, -0.1) is 11.3 Å². The number of amides is 2. The van der Waals surface area contributed by atoms with Gasteiger partial charge >= 0.3 is 0 Å². The van der Waals surface area contributed by atoms with Crippen LogP contribution >= 0.6 is 11.3 Å². The first kappa shape index (κ1) is 22.3. The number of anilines is 1. The molecule has 1 heterocycles. The molecular formula is C27H24N2O3S. The van der Waals surface area contributed by atoms with Gasteiger partial charge in [0.15, 0.2) is 0 Å². The van der Waals surface area contributed by atoms with Gasteiger partial charge in [-0.25, -0.2) is 0 Å². The van der Waals surface area contributed by atoms with Gasteiger partial charge in [0.05, 0.1) is 16.1 Å². The van der Waals surface area contributed by atoms with Gasteiger partial charge < -0.3 is 15.0 Å². The lowest BCUT2D eigenvalue weighted by atomic mass is 10.1. The third kappa shape index (κ3) is 5.48. The topological polar surface area (TPSA) is 58.6 Å². The van der Waals surface area contributed by atoms with E-state index in [0.29, 0.717) is 29.3 Å². The molecule has 3 aromatic carbocycles. The van der Waals surface area contributed by atoms with Crippen molar-refractivity contribution in [3.05, 3.63) is 118 Å². The van der Waals surface area contributed by atoms with E-state index >= 15 is 0 Å². The van der Waals surface area contributed by atoms with Crippen molar-refractivity contribution in [2.24, 2.45) is 0 Å². The number of hydrogen-bond acceptors (Lipinski definition) is 4. The minimum Gasteiger partial charge on any atom is -0.489 e. The van der Waals surface area contributed by atoms with E-state index in [-0.39, 0.29) is 11.8 Å². The molecule has 0 saturated heterocycles. The lowest BCUT2D eigenvalue weighted by Crippen LogP contribution is -2.30. The predicted octanol–water partition coefficient (Wildman–Crippen LogP) is 5.53. The number of carbonyl (C=O) groups is 2. The fourth-order valence-corrected chi connectivity index (χ4v) is 4.13. The van der Waals surface area contributed by atoms with Crippen LogP contribution in [0.25, 0.3) is 0 Å². The molecule has 5 nitrogen and oxygen atoms in total. The number of carbonyl (C=O) groups excluding carboxylic acids is 2. The highest BCUT2D eigenvalue weighted by Gasteiger charge is 2.20. The molecule has 1 aromatic heterocycles. The van der Waals surface area contributed by atoms with Crippen LogP contribution in [0.4, 0.5) is 5.69 Å². The minimum absolute atomic E-state index is 0.148. The first-order valence-electron chi connectivity index (χ1n) is 10.6. The van der Waals surface area contributed by atoms with Gasteiger partial charge in [0.25, 0.3) is 11.8 Å². The van der Waals surface area contributed by atoms with Gasteiger partial charge in [0.1, 0.15) is 12.4 Å². The Kier molecular flexibility index (Phi) is 7.17. The fourth-order valence-electron chi connectivity index (χ4n) is 3.43.